The number of fused-ring (bicyclic) bond motifs is 1. The smallest absolute Gasteiger partial charge is 0.475 e. The molecule has 0 saturated carbocycles. The van der Waals surface area contributed by atoms with Gasteiger partial charge >= 0.3 is 24.3 Å². The Labute approximate surface area is 209 Å². The molecule has 4 rings (SSSR count). The standard InChI is InChI=1S/C16H19N3O3S.2C2HF3O2/c1-11-17-12(10-23-11)5-19-14-7-18(6-13-3-2-4-21-13)8-15(14)22-9-16(19)20;2*3-2(4,5)1(6)7/h2-4,10,14-15H,5-9H2,1H3;2*(H,6,7)/t14-,15-;;/m1../s1. The largest absolute Gasteiger partial charge is 0.490 e. The molecule has 2 aliphatic rings. The lowest BCUT2D eigenvalue weighted by Crippen LogP contribution is -2.53. The van der Waals surface area contributed by atoms with Crippen LogP contribution in [0.2, 0.25) is 0 Å². The van der Waals surface area contributed by atoms with Gasteiger partial charge in [0.2, 0.25) is 5.91 Å². The number of aliphatic carboxylic acids is 2. The van der Waals surface area contributed by atoms with E-state index in [-0.39, 0.29) is 24.7 Å². The highest BCUT2D eigenvalue weighted by Crippen LogP contribution is 2.26. The van der Waals surface area contributed by atoms with Crippen LogP contribution >= 0.6 is 11.3 Å². The number of carboxylic acid groups (broad SMARTS) is 2. The van der Waals surface area contributed by atoms with Crippen LogP contribution in [0.1, 0.15) is 16.5 Å². The van der Waals surface area contributed by atoms with Crippen LogP contribution in [0.15, 0.2) is 28.2 Å². The van der Waals surface area contributed by atoms with E-state index in [2.05, 4.69) is 9.88 Å². The fraction of sp³-hybridized carbons (Fsp3) is 0.500. The van der Waals surface area contributed by atoms with Crippen LogP contribution in [0, 0.1) is 6.92 Å². The lowest BCUT2D eigenvalue weighted by molar-refractivity contribution is -0.193. The summed E-state index contributed by atoms with van der Waals surface area (Å²) >= 11 is 1.62. The van der Waals surface area contributed by atoms with E-state index in [0.717, 1.165) is 36.1 Å². The van der Waals surface area contributed by atoms with Gasteiger partial charge in [0.05, 0.1) is 42.2 Å². The predicted molar refractivity (Wildman–Crippen MR) is 112 cm³/mol. The fourth-order valence-corrected chi connectivity index (χ4v) is 3.96. The van der Waals surface area contributed by atoms with Crippen LogP contribution in [0.4, 0.5) is 26.3 Å². The van der Waals surface area contributed by atoms with Crippen LogP contribution in [-0.2, 0) is 32.2 Å². The van der Waals surface area contributed by atoms with Gasteiger partial charge < -0.3 is 24.3 Å². The van der Waals surface area contributed by atoms with Crippen molar-refractivity contribution < 1.29 is 60.1 Å². The Morgan fingerprint density at radius 1 is 1.11 bits per heavy atom. The van der Waals surface area contributed by atoms with E-state index >= 15 is 0 Å². The Balaban J connectivity index is 0.000000286. The molecule has 10 nitrogen and oxygen atoms in total. The normalized spacial score (nSPS) is 19.9. The number of aromatic nitrogens is 1. The number of hydrogen-bond acceptors (Lipinski definition) is 8. The van der Waals surface area contributed by atoms with Gasteiger partial charge in [0.25, 0.3) is 0 Å². The number of carboxylic acids is 2. The monoisotopic (exact) mass is 561 g/mol. The quantitative estimate of drug-likeness (QED) is 0.541. The van der Waals surface area contributed by atoms with Gasteiger partial charge in [-0.1, -0.05) is 0 Å². The Hall–Kier alpha value is -3.18. The van der Waals surface area contributed by atoms with Crippen LogP contribution in [0.5, 0.6) is 0 Å². The molecule has 0 bridgehead atoms. The molecule has 0 radical (unpaired) electrons. The summed E-state index contributed by atoms with van der Waals surface area (Å²) < 4.78 is 74.7. The molecule has 2 N–H and O–H groups in total. The summed E-state index contributed by atoms with van der Waals surface area (Å²) in [7, 11) is 0. The number of halogens is 6. The number of carbonyl (C=O) groups is 3. The third-order valence-electron chi connectivity index (χ3n) is 4.90. The lowest BCUT2D eigenvalue weighted by Gasteiger charge is -2.36. The number of carbonyl (C=O) groups excluding carboxylic acids is 1. The Kier molecular flexibility index (Phi) is 10.0. The molecule has 0 aromatic carbocycles. The predicted octanol–water partition coefficient (Wildman–Crippen LogP) is 2.92. The van der Waals surface area contributed by atoms with E-state index < -0.39 is 24.3 Å². The maximum atomic E-state index is 12.3. The van der Waals surface area contributed by atoms with E-state index in [4.69, 9.17) is 29.0 Å². The number of hydrogen-bond donors (Lipinski definition) is 2. The van der Waals surface area contributed by atoms with Gasteiger partial charge in [-0.15, -0.1) is 11.3 Å². The number of morpholine rings is 1. The van der Waals surface area contributed by atoms with Gasteiger partial charge in [0.1, 0.15) is 12.4 Å². The van der Waals surface area contributed by atoms with Gasteiger partial charge in [-0.05, 0) is 19.1 Å². The molecule has 4 heterocycles. The van der Waals surface area contributed by atoms with Crippen LogP contribution in [-0.4, -0.2) is 87.0 Å². The summed E-state index contributed by atoms with van der Waals surface area (Å²) in [5.41, 5.74) is 0.964. The molecule has 17 heteroatoms. The molecule has 0 unspecified atom stereocenters. The van der Waals surface area contributed by atoms with Crippen LogP contribution < -0.4 is 0 Å². The number of thiazole rings is 1. The van der Waals surface area contributed by atoms with Crippen LogP contribution in [0.3, 0.4) is 0 Å². The van der Waals surface area contributed by atoms with Crippen molar-refractivity contribution in [3.05, 3.63) is 40.2 Å². The number of likely N-dealkylation sites (tertiary alicyclic amines) is 1. The molecule has 2 atom stereocenters. The first-order chi connectivity index (χ1) is 17.1. The van der Waals surface area contributed by atoms with E-state index in [0.29, 0.717) is 6.54 Å². The molecule has 2 aromatic heterocycles. The third kappa shape index (κ3) is 9.32. The average Bonchev–Trinajstić information content (AvgIpc) is 3.52. The molecule has 37 heavy (non-hydrogen) atoms. The highest BCUT2D eigenvalue weighted by molar-refractivity contribution is 7.09. The SMILES string of the molecule is Cc1nc(CN2C(=O)CO[C@@H]3CN(Cc4ccco4)C[C@H]32)cs1.O=C(O)C(F)(F)F.O=C(O)C(F)(F)F. The highest BCUT2D eigenvalue weighted by atomic mass is 32.1. The first-order valence-electron chi connectivity index (χ1n) is 10.2. The second kappa shape index (κ2) is 12.4. The van der Waals surface area contributed by atoms with E-state index in [1.165, 1.54) is 0 Å². The van der Waals surface area contributed by atoms with Gasteiger partial charge in [-0.3, -0.25) is 9.69 Å². The summed E-state index contributed by atoms with van der Waals surface area (Å²) in [6.07, 6.45) is -8.41. The number of alkyl halides is 6. The molecule has 2 aliphatic heterocycles. The Bertz CT molecular complexity index is 1030. The molecular formula is C20H21F6N3O7S. The zero-order valence-corrected chi connectivity index (χ0v) is 19.8. The Morgan fingerprint density at radius 2 is 1.70 bits per heavy atom. The van der Waals surface area contributed by atoms with Gasteiger partial charge in [-0.2, -0.15) is 26.3 Å². The number of nitrogens with zero attached hydrogens (tertiary/aromatic N) is 3. The van der Waals surface area contributed by atoms with E-state index in [1.807, 2.05) is 29.3 Å². The van der Waals surface area contributed by atoms with Gasteiger partial charge in [0.15, 0.2) is 0 Å². The minimum atomic E-state index is -5.08. The average molecular weight is 561 g/mol. The second-order valence-electron chi connectivity index (χ2n) is 7.68. The summed E-state index contributed by atoms with van der Waals surface area (Å²) in [5, 5.41) is 17.3. The van der Waals surface area contributed by atoms with Gasteiger partial charge in [0, 0.05) is 18.5 Å². The summed E-state index contributed by atoms with van der Waals surface area (Å²) in [6.45, 7) is 5.10. The zero-order valence-electron chi connectivity index (χ0n) is 19.0. The molecule has 1 amide bonds. The number of rotatable bonds is 4. The minimum absolute atomic E-state index is 0.0525. The van der Waals surface area contributed by atoms with E-state index in [1.54, 1.807) is 17.6 Å². The summed E-state index contributed by atoms with van der Waals surface area (Å²) in [6, 6.07) is 3.97. The van der Waals surface area contributed by atoms with Crippen molar-refractivity contribution in [2.24, 2.45) is 0 Å². The molecule has 2 saturated heterocycles. The Morgan fingerprint density at radius 3 is 2.16 bits per heavy atom. The third-order valence-corrected chi connectivity index (χ3v) is 5.72. The topological polar surface area (TPSA) is 133 Å². The van der Waals surface area contributed by atoms with Gasteiger partial charge in [-0.25, -0.2) is 14.6 Å². The highest BCUT2D eigenvalue weighted by Gasteiger charge is 2.43. The zero-order chi connectivity index (χ0) is 28.0. The molecule has 206 valence electrons. The number of ether oxygens (including phenoxy) is 1. The molecule has 0 aliphatic carbocycles. The van der Waals surface area contributed by atoms with Crippen molar-refractivity contribution in [3.8, 4) is 0 Å². The van der Waals surface area contributed by atoms with Crippen LogP contribution in [0.25, 0.3) is 0 Å². The first-order valence-corrected chi connectivity index (χ1v) is 11.1. The molecular weight excluding hydrogens is 540 g/mol. The number of amides is 1. The fourth-order valence-electron chi connectivity index (χ4n) is 3.35. The van der Waals surface area contributed by atoms with Crippen molar-refractivity contribution in [1.29, 1.82) is 0 Å². The summed E-state index contributed by atoms with van der Waals surface area (Å²) in [5.74, 6) is -4.52. The van der Waals surface area contributed by atoms with E-state index in [9.17, 15) is 31.1 Å². The lowest BCUT2D eigenvalue weighted by atomic mass is 10.1. The minimum Gasteiger partial charge on any atom is -0.475 e. The second-order valence-corrected chi connectivity index (χ2v) is 8.74. The molecule has 2 aromatic rings. The molecule has 0 spiro atoms. The van der Waals surface area contributed by atoms with Crippen molar-refractivity contribution in [1.82, 2.24) is 14.8 Å². The maximum absolute atomic E-state index is 12.3. The first kappa shape index (κ1) is 30.0. The van der Waals surface area contributed by atoms with Crippen molar-refractivity contribution in [2.45, 2.75) is 44.5 Å². The summed E-state index contributed by atoms with van der Waals surface area (Å²) in [4.78, 5) is 38.8. The molecule has 2 fully saturated rings. The number of furan rings is 1. The maximum Gasteiger partial charge on any atom is 0.490 e. The van der Waals surface area contributed by atoms with Crippen molar-refractivity contribution in [2.75, 3.05) is 19.7 Å². The van der Waals surface area contributed by atoms with Crippen molar-refractivity contribution in [3.63, 3.8) is 0 Å². The van der Waals surface area contributed by atoms with Crippen molar-refractivity contribution >= 4 is 29.2 Å². The number of aryl methyl sites for hydroxylation is 1.